The van der Waals surface area contributed by atoms with E-state index in [1.165, 1.54) is 16.7 Å². The zero-order chi connectivity index (χ0) is 21.1. The van der Waals surface area contributed by atoms with Crippen LogP contribution in [0.5, 0.6) is 11.5 Å². The van der Waals surface area contributed by atoms with Crippen LogP contribution < -0.4 is 15.1 Å². The summed E-state index contributed by atoms with van der Waals surface area (Å²) in [4.78, 5) is 14.3. The van der Waals surface area contributed by atoms with E-state index < -0.39 is 0 Å². The van der Waals surface area contributed by atoms with Gasteiger partial charge in [-0.15, -0.1) is 0 Å². The Hall–Kier alpha value is -3.57. The lowest BCUT2D eigenvalue weighted by atomic mass is 10.0. The molecule has 0 aliphatic heterocycles. The Kier molecular flexibility index (Phi) is 5.55. The van der Waals surface area contributed by atoms with Crippen LogP contribution in [0.3, 0.4) is 0 Å². The van der Waals surface area contributed by atoms with E-state index in [9.17, 15) is 9.90 Å². The van der Waals surface area contributed by atoms with Crippen LogP contribution in [0.2, 0.25) is 0 Å². The van der Waals surface area contributed by atoms with Crippen LogP contribution >= 0.6 is 0 Å². The van der Waals surface area contributed by atoms with E-state index in [1.807, 2.05) is 42.5 Å². The SMILES string of the molecule is COc1ccc(-c2coc3c(C[NH+](C)Cc4ccccc4)c(O)ccc3c2=O)cc1. The molecule has 0 radical (unpaired) electrons. The topological polar surface area (TPSA) is 64.1 Å². The summed E-state index contributed by atoms with van der Waals surface area (Å²) in [6, 6.07) is 20.6. The molecule has 0 saturated heterocycles. The van der Waals surface area contributed by atoms with Gasteiger partial charge in [-0.2, -0.15) is 0 Å². The van der Waals surface area contributed by atoms with Gasteiger partial charge in [0.1, 0.15) is 36.4 Å². The molecule has 4 rings (SSSR count). The quantitative estimate of drug-likeness (QED) is 0.519. The second kappa shape index (κ2) is 8.43. The summed E-state index contributed by atoms with van der Waals surface area (Å²) in [6.45, 7) is 1.33. The first-order valence-electron chi connectivity index (χ1n) is 9.83. The molecule has 1 unspecified atom stereocenters. The van der Waals surface area contributed by atoms with Crippen molar-refractivity contribution in [3.8, 4) is 22.6 Å². The van der Waals surface area contributed by atoms with E-state index in [-0.39, 0.29) is 11.2 Å². The molecule has 30 heavy (non-hydrogen) atoms. The van der Waals surface area contributed by atoms with Gasteiger partial charge in [0.05, 0.1) is 30.7 Å². The number of rotatable bonds is 6. The van der Waals surface area contributed by atoms with Crippen LogP contribution in [0, 0.1) is 0 Å². The van der Waals surface area contributed by atoms with Crippen molar-refractivity contribution in [2.24, 2.45) is 0 Å². The summed E-state index contributed by atoms with van der Waals surface area (Å²) in [7, 11) is 3.65. The molecular weight excluding hydrogens is 378 g/mol. The van der Waals surface area contributed by atoms with Crippen molar-refractivity contribution in [1.82, 2.24) is 0 Å². The molecule has 5 heteroatoms. The molecule has 1 atom stereocenters. The van der Waals surface area contributed by atoms with Gasteiger partial charge in [-0.05, 0) is 29.8 Å². The van der Waals surface area contributed by atoms with Gasteiger partial charge in [0, 0.05) is 5.56 Å². The summed E-state index contributed by atoms with van der Waals surface area (Å²) >= 11 is 0. The average Bonchev–Trinajstić information content (AvgIpc) is 2.77. The Morgan fingerprint density at radius 1 is 0.967 bits per heavy atom. The molecular formula is C25H24NO4+. The van der Waals surface area contributed by atoms with E-state index in [4.69, 9.17) is 9.15 Å². The van der Waals surface area contributed by atoms with Crippen LogP contribution in [0.1, 0.15) is 11.1 Å². The molecule has 2 N–H and O–H groups in total. The number of hydrogen-bond acceptors (Lipinski definition) is 4. The van der Waals surface area contributed by atoms with Gasteiger partial charge in [0.25, 0.3) is 0 Å². The van der Waals surface area contributed by atoms with Crippen molar-refractivity contribution < 1.29 is 19.2 Å². The Labute approximate surface area is 174 Å². The number of aromatic hydroxyl groups is 1. The second-order valence-corrected chi connectivity index (χ2v) is 7.44. The summed E-state index contributed by atoms with van der Waals surface area (Å²) in [5.74, 6) is 0.857. The van der Waals surface area contributed by atoms with Gasteiger partial charge in [-0.25, -0.2) is 0 Å². The Balaban J connectivity index is 1.69. The smallest absolute Gasteiger partial charge is 0.200 e. The van der Waals surface area contributed by atoms with Gasteiger partial charge in [-0.3, -0.25) is 4.79 Å². The van der Waals surface area contributed by atoms with Crippen LogP contribution in [0.4, 0.5) is 0 Å². The van der Waals surface area contributed by atoms with E-state index >= 15 is 0 Å². The third-order valence-corrected chi connectivity index (χ3v) is 5.25. The maximum absolute atomic E-state index is 13.1. The Morgan fingerprint density at radius 3 is 2.40 bits per heavy atom. The lowest BCUT2D eigenvalue weighted by Gasteiger charge is -2.16. The highest BCUT2D eigenvalue weighted by molar-refractivity contribution is 5.85. The third kappa shape index (κ3) is 3.93. The number of quaternary nitrogens is 1. The maximum Gasteiger partial charge on any atom is 0.200 e. The molecule has 0 amide bonds. The molecule has 0 aliphatic carbocycles. The van der Waals surface area contributed by atoms with Gasteiger partial charge >= 0.3 is 0 Å². The highest BCUT2D eigenvalue weighted by Crippen LogP contribution is 2.28. The number of fused-ring (bicyclic) bond motifs is 1. The number of methoxy groups -OCH3 is 1. The van der Waals surface area contributed by atoms with Crippen LogP contribution in [0.25, 0.3) is 22.1 Å². The molecule has 0 saturated carbocycles. The van der Waals surface area contributed by atoms with Crippen molar-refractivity contribution in [2.75, 3.05) is 14.2 Å². The predicted molar refractivity (Wildman–Crippen MR) is 117 cm³/mol. The number of phenols is 1. The zero-order valence-corrected chi connectivity index (χ0v) is 17.0. The van der Waals surface area contributed by atoms with E-state index in [1.54, 1.807) is 19.2 Å². The maximum atomic E-state index is 13.1. The fraction of sp³-hybridized carbons (Fsp3) is 0.160. The van der Waals surface area contributed by atoms with Crippen LogP contribution in [-0.2, 0) is 13.1 Å². The first-order valence-corrected chi connectivity index (χ1v) is 9.83. The first kappa shape index (κ1) is 19.7. The molecule has 0 bridgehead atoms. The Morgan fingerprint density at radius 2 is 1.70 bits per heavy atom. The summed E-state index contributed by atoms with van der Waals surface area (Å²) in [6.07, 6.45) is 1.47. The minimum absolute atomic E-state index is 0.122. The second-order valence-electron chi connectivity index (χ2n) is 7.44. The number of phenolic OH excluding ortho intramolecular Hbond substituents is 1. The number of ether oxygens (including phenoxy) is 1. The molecule has 5 nitrogen and oxygen atoms in total. The molecule has 0 spiro atoms. The molecule has 3 aromatic carbocycles. The molecule has 4 aromatic rings. The number of benzene rings is 3. The van der Waals surface area contributed by atoms with Crippen molar-refractivity contribution in [3.63, 3.8) is 0 Å². The standard InChI is InChI=1S/C25H23NO4/c1-26(14-17-6-4-3-5-7-17)15-21-23(27)13-12-20-24(28)22(16-30-25(20)21)18-8-10-19(29-2)11-9-18/h3-13,16,27H,14-15H2,1-2H3/p+1. The van der Waals surface area contributed by atoms with E-state index in [2.05, 4.69) is 19.2 Å². The fourth-order valence-corrected chi connectivity index (χ4v) is 3.70. The summed E-state index contributed by atoms with van der Waals surface area (Å²) in [5.41, 5.74) is 3.39. The first-order chi connectivity index (χ1) is 14.6. The molecule has 0 fully saturated rings. The average molecular weight is 402 g/mol. The fourth-order valence-electron chi connectivity index (χ4n) is 3.70. The molecule has 152 valence electrons. The van der Waals surface area contributed by atoms with Gasteiger partial charge in [-0.1, -0.05) is 42.5 Å². The van der Waals surface area contributed by atoms with Crippen molar-refractivity contribution in [1.29, 1.82) is 0 Å². The monoisotopic (exact) mass is 402 g/mol. The zero-order valence-electron chi connectivity index (χ0n) is 17.0. The Bertz CT molecular complexity index is 1210. The van der Waals surface area contributed by atoms with Crippen molar-refractivity contribution >= 4 is 11.0 Å². The lowest BCUT2D eigenvalue weighted by Crippen LogP contribution is -3.06. The molecule has 0 aliphatic rings. The van der Waals surface area contributed by atoms with Crippen LogP contribution in [0.15, 0.2) is 82.2 Å². The highest BCUT2D eigenvalue weighted by atomic mass is 16.5. The minimum atomic E-state index is -0.122. The highest BCUT2D eigenvalue weighted by Gasteiger charge is 2.18. The minimum Gasteiger partial charge on any atom is -0.507 e. The molecule has 1 heterocycles. The van der Waals surface area contributed by atoms with Crippen molar-refractivity contribution in [3.05, 3.63) is 94.3 Å². The van der Waals surface area contributed by atoms with Crippen LogP contribution in [-0.4, -0.2) is 19.3 Å². The third-order valence-electron chi connectivity index (χ3n) is 5.25. The van der Waals surface area contributed by atoms with Gasteiger partial charge < -0.3 is 19.2 Å². The van der Waals surface area contributed by atoms with E-state index in [0.717, 1.165) is 17.9 Å². The van der Waals surface area contributed by atoms with E-state index in [0.29, 0.717) is 28.6 Å². The summed E-state index contributed by atoms with van der Waals surface area (Å²) in [5, 5.41) is 10.9. The lowest BCUT2D eigenvalue weighted by molar-refractivity contribution is -0.907. The van der Waals surface area contributed by atoms with Gasteiger partial charge in [0.15, 0.2) is 0 Å². The predicted octanol–water partition coefficient (Wildman–Crippen LogP) is 3.39. The van der Waals surface area contributed by atoms with Crippen molar-refractivity contribution in [2.45, 2.75) is 13.1 Å². The largest absolute Gasteiger partial charge is 0.507 e. The number of nitrogens with one attached hydrogen (secondary N) is 1. The van der Waals surface area contributed by atoms with Gasteiger partial charge in [0.2, 0.25) is 5.43 Å². The normalized spacial score (nSPS) is 12.1. The number of hydrogen-bond donors (Lipinski definition) is 2. The molecule has 1 aromatic heterocycles. The summed E-state index contributed by atoms with van der Waals surface area (Å²) < 4.78 is 11.1.